The van der Waals surface area contributed by atoms with E-state index in [9.17, 15) is 9.59 Å². The third-order valence-electron chi connectivity index (χ3n) is 7.99. The number of amides is 2. The van der Waals surface area contributed by atoms with E-state index in [4.69, 9.17) is 14.0 Å². The lowest BCUT2D eigenvalue weighted by molar-refractivity contribution is -0.133. The normalized spacial score (nSPS) is 19.5. The maximum Gasteiger partial charge on any atom is 0.410 e. The molecule has 2 unspecified atom stereocenters. The Bertz CT molecular complexity index is 1350. The lowest BCUT2D eigenvalue weighted by Gasteiger charge is -2.40. The van der Waals surface area contributed by atoms with Crippen molar-refractivity contribution in [2.24, 2.45) is 11.8 Å². The van der Waals surface area contributed by atoms with E-state index < -0.39 is 5.60 Å². The fraction of sp³-hybridized carbons (Fsp3) is 0.500. The van der Waals surface area contributed by atoms with Crippen molar-refractivity contribution < 1.29 is 23.6 Å². The van der Waals surface area contributed by atoms with Crippen LogP contribution in [0.1, 0.15) is 39.3 Å². The predicted molar refractivity (Wildman–Crippen MR) is 159 cm³/mol. The minimum Gasteiger partial charge on any atom is -0.495 e. The summed E-state index contributed by atoms with van der Waals surface area (Å²) >= 11 is 0. The summed E-state index contributed by atoms with van der Waals surface area (Å²) in [5, 5.41) is 4.31. The van der Waals surface area contributed by atoms with E-state index in [1.807, 2.05) is 68.1 Å². The molecule has 2 fully saturated rings. The molecule has 3 aromatic rings. The van der Waals surface area contributed by atoms with Crippen LogP contribution in [0, 0.1) is 11.8 Å². The van der Waals surface area contributed by atoms with Crippen molar-refractivity contribution in [3.05, 3.63) is 60.4 Å². The Balaban J connectivity index is 1.25. The first-order valence-electron chi connectivity index (χ1n) is 14.7. The van der Waals surface area contributed by atoms with Gasteiger partial charge >= 0.3 is 6.09 Å². The van der Waals surface area contributed by atoms with Gasteiger partial charge in [0.2, 0.25) is 5.91 Å². The molecule has 5 rings (SSSR count). The number of para-hydroxylation sites is 2. The van der Waals surface area contributed by atoms with E-state index in [2.05, 4.69) is 21.1 Å². The summed E-state index contributed by atoms with van der Waals surface area (Å²) in [7, 11) is 1.68. The smallest absolute Gasteiger partial charge is 0.410 e. The first kappa shape index (κ1) is 29.4. The third kappa shape index (κ3) is 7.21. The minimum atomic E-state index is -0.574. The quantitative estimate of drug-likeness (QED) is 0.392. The van der Waals surface area contributed by atoms with Crippen molar-refractivity contribution in [2.45, 2.75) is 45.6 Å². The van der Waals surface area contributed by atoms with E-state index in [0.717, 1.165) is 36.6 Å². The number of piperidine rings is 1. The molecule has 0 spiro atoms. The number of pyridine rings is 1. The molecule has 2 saturated heterocycles. The second kappa shape index (κ2) is 12.8. The van der Waals surface area contributed by atoms with Crippen LogP contribution in [-0.2, 0) is 16.0 Å². The number of piperazine rings is 1. The minimum absolute atomic E-state index is 0.0340. The van der Waals surface area contributed by atoms with Crippen molar-refractivity contribution in [1.82, 2.24) is 19.9 Å². The van der Waals surface area contributed by atoms with Gasteiger partial charge in [0.15, 0.2) is 5.76 Å². The Morgan fingerprint density at radius 2 is 1.74 bits per heavy atom. The SMILES string of the molecule is COc1ccccc1N1CCN(C(=O)CC2CCN(C(=O)OC(C)(C)C)CC2Cc2cc(-c3ccccn3)on2)CC1. The summed E-state index contributed by atoms with van der Waals surface area (Å²) in [6.45, 7) is 9.50. The van der Waals surface area contributed by atoms with Gasteiger partial charge in [-0.25, -0.2) is 4.79 Å². The second-order valence-corrected chi connectivity index (χ2v) is 12.1. The Labute approximate surface area is 247 Å². The van der Waals surface area contributed by atoms with Crippen LogP contribution in [-0.4, -0.2) is 83.9 Å². The van der Waals surface area contributed by atoms with Crippen LogP contribution in [0.5, 0.6) is 5.75 Å². The summed E-state index contributed by atoms with van der Waals surface area (Å²) in [6, 6.07) is 15.5. The number of benzene rings is 1. The van der Waals surface area contributed by atoms with Gasteiger partial charge in [-0.05, 0) is 69.7 Å². The number of hydrogen-bond acceptors (Lipinski definition) is 8. The number of methoxy groups -OCH3 is 1. The number of carbonyl (C=O) groups is 2. The molecule has 10 heteroatoms. The lowest BCUT2D eigenvalue weighted by atomic mass is 9.80. The van der Waals surface area contributed by atoms with E-state index in [0.29, 0.717) is 50.5 Å². The number of ether oxygens (including phenoxy) is 2. The lowest BCUT2D eigenvalue weighted by Crippen LogP contribution is -2.51. The molecule has 42 heavy (non-hydrogen) atoms. The van der Waals surface area contributed by atoms with E-state index in [-0.39, 0.29) is 23.8 Å². The summed E-state index contributed by atoms with van der Waals surface area (Å²) in [6.07, 6.45) is 3.15. The van der Waals surface area contributed by atoms with Crippen LogP contribution >= 0.6 is 0 Å². The first-order valence-corrected chi connectivity index (χ1v) is 14.7. The molecule has 0 N–H and O–H groups in total. The molecule has 2 aliphatic rings. The van der Waals surface area contributed by atoms with Gasteiger partial charge in [0.25, 0.3) is 0 Å². The number of likely N-dealkylation sites (tertiary alicyclic amines) is 1. The van der Waals surface area contributed by atoms with Crippen LogP contribution in [0.15, 0.2) is 59.3 Å². The number of aromatic nitrogens is 2. The standard InChI is InChI=1S/C32H41N5O5/c1-32(2,3)41-31(39)37-14-12-23(24(22-37)19-25-21-29(42-34-25)26-9-7-8-13-33-26)20-30(38)36-17-15-35(16-18-36)27-10-5-6-11-28(27)40-4/h5-11,13,21,23-24H,12,14-20,22H2,1-4H3. The predicted octanol–water partition coefficient (Wildman–Crippen LogP) is 4.90. The van der Waals surface area contributed by atoms with E-state index in [1.54, 1.807) is 18.2 Å². The molecule has 0 saturated carbocycles. The Kier molecular flexibility index (Phi) is 8.99. The average molecular weight is 576 g/mol. The Hall–Kier alpha value is -4.08. The van der Waals surface area contributed by atoms with Gasteiger partial charge in [0.05, 0.1) is 18.5 Å². The van der Waals surface area contributed by atoms with E-state index >= 15 is 0 Å². The molecule has 0 radical (unpaired) electrons. The van der Waals surface area contributed by atoms with Crippen molar-refractivity contribution in [3.63, 3.8) is 0 Å². The van der Waals surface area contributed by atoms with Crippen LogP contribution in [0.2, 0.25) is 0 Å². The molecule has 2 atom stereocenters. The molecular weight excluding hydrogens is 534 g/mol. The van der Waals surface area contributed by atoms with Gasteiger partial charge < -0.3 is 28.7 Å². The van der Waals surface area contributed by atoms with Crippen LogP contribution in [0.25, 0.3) is 11.5 Å². The molecular formula is C32H41N5O5. The molecule has 0 bridgehead atoms. The highest BCUT2D eigenvalue weighted by Gasteiger charge is 2.36. The largest absolute Gasteiger partial charge is 0.495 e. The van der Waals surface area contributed by atoms with Crippen LogP contribution < -0.4 is 9.64 Å². The fourth-order valence-corrected chi connectivity index (χ4v) is 5.82. The van der Waals surface area contributed by atoms with Crippen LogP contribution in [0.3, 0.4) is 0 Å². The molecule has 2 amide bonds. The van der Waals surface area contributed by atoms with Gasteiger partial charge in [-0.3, -0.25) is 9.78 Å². The average Bonchev–Trinajstić information content (AvgIpc) is 3.46. The summed E-state index contributed by atoms with van der Waals surface area (Å²) < 4.78 is 16.8. The molecule has 1 aromatic carbocycles. The van der Waals surface area contributed by atoms with Gasteiger partial charge in [0.1, 0.15) is 17.0 Å². The molecule has 0 aliphatic carbocycles. The highest BCUT2D eigenvalue weighted by Crippen LogP contribution is 2.33. The zero-order chi connectivity index (χ0) is 29.7. The Morgan fingerprint density at radius 3 is 2.45 bits per heavy atom. The maximum absolute atomic E-state index is 13.6. The topological polar surface area (TPSA) is 101 Å². The molecule has 224 valence electrons. The summed E-state index contributed by atoms with van der Waals surface area (Å²) in [5.74, 6) is 1.75. The summed E-state index contributed by atoms with van der Waals surface area (Å²) in [4.78, 5) is 36.9. The number of nitrogens with zero attached hydrogens (tertiary/aromatic N) is 5. The van der Waals surface area contributed by atoms with Crippen molar-refractivity contribution >= 4 is 17.7 Å². The fourth-order valence-electron chi connectivity index (χ4n) is 5.82. The van der Waals surface area contributed by atoms with Crippen molar-refractivity contribution in [1.29, 1.82) is 0 Å². The number of hydrogen-bond donors (Lipinski definition) is 0. The van der Waals surface area contributed by atoms with Gasteiger partial charge in [-0.2, -0.15) is 0 Å². The zero-order valence-electron chi connectivity index (χ0n) is 25.0. The monoisotopic (exact) mass is 575 g/mol. The number of rotatable bonds is 7. The third-order valence-corrected chi connectivity index (χ3v) is 7.99. The zero-order valence-corrected chi connectivity index (χ0v) is 25.0. The van der Waals surface area contributed by atoms with Gasteiger partial charge in [-0.15, -0.1) is 0 Å². The number of carbonyl (C=O) groups excluding carboxylic acids is 2. The first-order chi connectivity index (χ1) is 20.2. The maximum atomic E-state index is 13.6. The Morgan fingerprint density at radius 1 is 0.976 bits per heavy atom. The number of anilines is 1. The van der Waals surface area contributed by atoms with Crippen LogP contribution in [0.4, 0.5) is 10.5 Å². The van der Waals surface area contributed by atoms with E-state index in [1.165, 1.54) is 0 Å². The molecule has 2 aliphatic heterocycles. The molecule has 10 nitrogen and oxygen atoms in total. The van der Waals surface area contributed by atoms with Gasteiger partial charge in [-0.1, -0.05) is 23.4 Å². The molecule has 4 heterocycles. The van der Waals surface area contributed by atoms with Crippen molar-refractivity contribution in [3.8, 4) is 17.2 Å². The molecule has 2 aromatic heterocycles. The summed E-state index contributed by atoms with van der Waals surface area (Å²) in [5.41, 5.74) is 1.98. The van der Waals surface area contributed by atoms with Crippen molar-refractivity contribution in [2.75, 3.05) is 51.3 Å². The highest BCUT2D eigenvalue weighted by molar-refractivity contribution is 5.77. The van der Waals surface area contributed by atoms with Gasteiger partial charge in [0, 0.05) is 58.0 Å². The highest BCUT2D eigenvalue weighted by atomic mass is 16.6. The second-order valence-electron chi connectivity index (χ2n) is 12.1.